The van der Waals surface area contributed by atoms with E-state index in [1.807, 2.05) is 0 Å². The summed E-state index contributed by atoms with van der Waals surface area (Å²) in [6.45, 7) is 0. The van der Waals surface area contributed by atoms with E-state index in [1.165, 1.54) is 7.11 Å². The molecule has 0 heterocycles. The number of carbonyl (C=O) groups excluding carboxylic acids is 2. The summed E-state index contributed by atoms with van der Waals surface area (Å²) in [4.78, 5) is 21.2. The number of nitrogens with two attached hydrogens (primary N) is 1. The van der Waals surface area contributed by atoms with Crippen molar-refractivity contribution in [3.05, 3.63) is 35.4 Å². The molecule has 1 aromatic carbocycles. The van der Waals surface area contributed by atoms with Crippen molar-refractivity contribution in [3.8, 4) is 5.75 Å². The minimum atomic E-state index is -0.382. The maximum atomic E-state index is 10.6. The highest BCUT2D eigenvalue weighted by molar-refractivity contribution is 5.80. The number of carbonyl (C=O) groups is 2. The molecule has 0 fully saturated rings. The molecule has 0 aliphatic carbocycles. The van der Waals surface area contributed by atoms with Crippen molar-refractivity contribution >= 4 is 18.3 Å². The molecule has 16 heavy (non-hydrogen) atoms. The first-order valence-corrected chi connectivity index (χ1v) is 4.75. The van der Waals surface area contributed by atoms with Crippen LogP contribution in [0.15, 0.2) is 24.3 Å². The highest BCUT2D eigenvalue weighted by Crippen LogP contribution is 2.19. The van der Waals surface area contributed by atoms with E-state index in [4.69, 9.17) is 10.5 Å². The Kier molecular flexibility index (Phi) is 4.27. The second kappa shape index (κ2) is 5.70. The van der Waals surface area contributed by atoms with Gasteiger partial charge in [-0.15, -0.1) is 0 Å². The molecule has 4 nitrogen and oxygen atoms in total. The number of amides is 1. The van der Waals surface area contributed by atoms with Crippen LogP contribution < -0.4 is 10.5 Å². The van der Waals surface area contributed by atoms with Gasteiger partial charge in [-0.2, -0.15) is 0 Å². The number of rotatable bonds is 5. The fourth-order valence-electron chi connectivity index (χ4n) is 1.24. The van der Waals surface area contributed by atoms with Crippen LogP contribution in [0.3, 0.4) is 0 Å². The number of ether oxygens (including phenoxy) is 1. The van der Waals surface area contributed by atoms with Crippen molar-refractivity contribution in [1.29, 1.82) is 0 Å². The highest BCUT2D eigenvalue weighted by Gasteiger charge is 2.01. The minimum absolute atomic E-state index is 0.192. The van der Waals surface area contributed by atoms with Crippen molar-refractivity contribution < 1.29 is 14.3 Å². The predicted molar refractivity (Wildman–Crippen MR) is 61.2 cm³/mol. The summed E-state index contributed by atoms with van der Waals surface area (Å²) >= 11 is 0. The lowest BCUT2D eigenvalue weighted by Gasteiger charge is -2.03. The maximum absolute atomic E-state index is 10.6. The number of hydrogen-bond acceptors (Lipinski definition) is 3. The molecule has 0 atom stereocenters. The summed E-state index contributed by atoms with van der Waals surface area (Å²) < 4.78 is 5.05. The largest absolute Gasteiger partial charge is 0.496 e. The minimum Gasteiger partial charge on any atom is -0.496 e. The van der Waals surface area contributed by atoms with E-state index in [9.17, 15) is 9.59 Å². The molecule has 0 radical (unpaired) electrons. The summed E-state index contributed by atoms with van der Waals surface area (Å²) in [5.74, 6) is 0.129. The quantitative estimate of drug-likeness (QED) is 0.761. The van der Waals surface area contributed by atoms with Gasteiger partial charge in [-0.05, 0) is 17.7 Å². The smallest absolute Gasteiger partial charge is 0.221 e. The molecule has 0 aliphatic heterocycles. The van der Waals surface area contributed by atoms with Crippen LogP contribution in [0, 0.1) is 0 Å². The van der Waals surface area contributed by atoms with Crippen LogP contribution in [-0.4, -0.2) is 19.3 Å². The van der Waals surface area contributed by atoms with Gasteiger partial charge in [-0.3, -0.25) is 9.59 Å². The van der Waals surface area contributed by atoms with Gasteiger partial charge in [0.2, 0.25) is 5.91 Å². The number of primary amides is 1. The van der Waals surface area contributed by atoms with Crippen LogP contribution in [-0.2, 0) is 4.79 Å². The molecule has 1 rings (SSSR count). The van der Waals surface area contributed by atoms with Crippen LogP contribution in [0.1, 0.15) is 22.3 Å². The zero-order valence-corrected chi connectivity index (χ0v) is 8.97. The van der Waals surface area contributed by atoms with Gasteiger partial charge in [-0.25, -0.2) is 0 Å². The molecule has 0 saturated carbocycles. The Hall–Kier alpha value is -2.10. The molecule has 2 N–H and O–H groups in total. The summed E-state index contributed by atoms with van der Waals surface area (Å²) in [5.41, 5.74) is 6.34. The molecule has 1 aromatic rings. The Morgan fingerprint density at radius 1 is 1.50 bits per heavy atom. The number of benzene rings is 1. The van der Waals surface area contributed by atoms with Crippen molar-refractivity contribution in [2.24, 2.45) is 5.73 Å². The molecule has 0 bridgehead atoms. The predicted octanol–water partition coefficient (Wildman–Crippen LogP) is 1.40. The van der Waals surface area contributed by atoms with Gasteiger partial charge < -0.3 is 10.5 Å². The normalized spacial score (nSPS) is 10.3. The van der Waals surface area contributed by atoms with Crippen molar-refractivity contribution in [2.75, 3.05) is 7.11 Å². The van der Waals surface area contributed by atoms with Crippen LogP contribution in [0.25, 0.3) is 6.08 Å². The fraction of sp³-hybridized carbons (Fsp3) is 0.167. The molecule has 4 heteroatoms. The number of aldehydes is 1. The van der Waals surface area contributed by atoms with E-state index in [2.05, 4.69) is 0 Å². The SMILES string of the molecule is COc1cc(C=CCC(N)=O)ccc1C=O. The topological polar surface area (TPSA) is 69.4 Å². The third kappa shape index (κ3) is 3.24. The third-order valence-corrected chi connectivity index (χ3v) is 2.01. The first-order valence-electron chi connectivity index (χ1n) is 4.75. The summed E-state index contributed by atoms with van der Waals surface area (Å²) in [5, 5.41) is 0. The molecule has 84 valence electrons. The molecule has 0 saturated heterocycles. The summed E-state index contributed by atoms with van der Waals surface area (Å²) in [6.07, 6.45) is 4.34. The third-order valence-electron chi connectivity index (χ3n) is 2.01. The average molecular weight is 219 g/mol. The van der Waals surface area contributed by atoms with E-state index in [0.29, 0.717) is 11.3 Å². The lowest BCUT2D eigenvalue weighted by Crippen LogP contribution is -2.07. The molecule has 0 spiro atoms. The zero-order chi connectivity index (χ0) is 12.0. The van der Waals surface area contributed by atoms with E-state index < -0.39 is 0 Å². The lowest BCUT2D eigenvalue weighted by atomic mass is 10.1. The van der Waals surface area contributed by atoms with Gasteiger partial charge in [-0.1, -0.05) is 18.2 Å². The van der Waals surface area contributed by atoms with E-state index >= 15 is 0 Å². The standard InChI is InChI=1S/C12H13NO3/c1-16-11-7-9(3-2-4-12(13)15)5-6-10(11)8-14/h2-3,5-8H,4H2,1H3,(H2,13,15). The molecule has 0 aromatic heterocycles. The van der Waals surface area contributed by atoms with Gasteiger partial charge in [0.25, 0.3) is 0 Å². The summed E-state index contributed by atoms with van der Waals surface area (Å²) in [6, 6.07) is 5.15. The highest BCUT2D eigenvalue weighted by atomic mass is 16.5. The Morgan fingerprint density at radius 2 is 2.25 bits per heavy atom. The van der Waals surface area contributed by atoms with Gasteiger partial charge in [0.1, 0.15) is 5.75 Å². The van der Waals surface area contributed by atoms with Crippen LogP contribution in [0.5, 0.6) is 5.75 Å². The fourth-order valence-corrected chi connectivity index (χ4v) is 1.24. The van der Waals surface area contributed by atoms with Gasteiger partial charge in [0.05, 0.1) is 12.7 Å². The van der Waals surface area contributed by atoms with E-state index in [-0.39, 0.29) is 12.3 Å². The second-order valence-corrected chi connectivity index (χ2v) is 3.19. The van der Waals surface area contributed by atoms with Crippen LogP contribution in [0.4, 0.5) is 0 Å². The average Bonchev–Trinajstić information content (AvgIpc) is 2.28. The van der Waals surface area contributed by atoms with Crippen LogP contribution in [0.2, 0.25) is 0 Å². The number of hydrogen-bond donors (Lipinski definition) is 1. The molecule has 0 aliphatic rings. The number of methoxy groups -OCH3 is 1. The zero-order valence-electron chi connectivity index (χ0n) is 8.97. The first-order chi connectivity index (χ1) is 7.67. The lowest BCUT2D eigenvalue weighted by molar-refractivity contribution is -0.117. The molecular formula is C12H13NO3. The molecule has 1 amide bonds. The van der Waals surface area contributed by atoms with E-state index in [0.717, 1.165) is 11.8 Å². The van der Waals surface area contributed by atoms with Crippen molar-refractivity contribution in [3.63, 3.8) is 0 Å². The Balaban J connectivity index is 2.86. The first kappa shape index (κ1) is 12.0. The van der Waals surface area contributed by atoms with Crippen LogP contribution >= 0.6 is 0 Å². The Morgan fingerprint density at radius 3 is 2.81 bits per heavy atom. The molecule has 0 unspecified atom stereocenters. The Labute approximate surface area is 93.7 Å². The maximum Gasteiger partial charge on any atom is 0.221 e. The van der Waals surface area contributed by atoms with Gasteiger partial charge >= 0.3 is 0 Å². The summed E-state index contributed by atoms with van der Waals surface area (Å²) in [7, 11) is 1.50. The van der Waals surface area contributed by atoms with Crippen molar-refractivity contribution in [1.82, 2.24) is 0 Å². The van der Waals surface area contributed by atoms with Crippen molar-refractivity contribution in [2.45, 2.75) is 6.42 Å². The van der Waals surface area contributed by atoms with E-state index in [1.54, 1.807) is 30.4 Å². The molecular weight excluding hydrogens is 206 g/mol. The second-order valence-electron chi connectivity index (χ2n) is 3.19. The van der Waals surface area contributed by atoms with Gasteiger partial charge in [0.15, 0.2) is 6.29 Å². The Bertz CT molecular complexity index is 424. The monoisotopic (exact) mass is 219 g/mol. The van der Waals surface area contributed by atoms with Gasteiger partial charge in [0, 0.05) is 6.42 Å².